The summed E-state index contributed by atoms with van der Waals surface area (Å²) in [5.41, 5.74) is 5.49. The molecule has 26 heavy (non-hydrogen) atoms. The average Bonchev–Trinajstić information content (AvgIpc) is 2.66. The van der Waals surface area contributed by atoms with Crippen LogP contribution in [0.2, 0.25) is 0 Å². The number of anilines is 2. The van der Waals surface area contributed by atoms with E-state index >= 15 is 0 Å². The molecule has 1 aromatic carbocycles. The molecule has 0 amide bonds. The molecule has 0 fully saturated rings. The van der Waals surface area contributed by atoms with E-state index in [1.165, 1.54) is 0 Å². The SMILES string of the molecule is CCCN(c1ccc(C(C)(C)C#N)cc1)c1ccnc2ccc(C)nc12. The lowest BCUT2D eigenvalue weighted by atomic mass is 9.86. The summed E-state index contributed by atoms with van der Waals surface area (Å²) >= 11 is 0. The van der Waals surface area contributed by atoms with E-state index in [0.29, 0.717) is 0 Å². The zero-order chi connectivity index (χ0) is 18.7. The molecule has 0 N–H and O–H groups in total. The van der Waals surface area contributed by atoms with Crippen molar-refractivity contribution in [3.8, 4) is 6.07 Å². The van der Waals surface area contributed by atoms with Gasteiger partial charge >= 0.3 is 0 Å². The van der Waals surface area contributed by atoms with Gasteiger partial charge in [-0.25, -0.2) is 4.98 Å². The Balaban J connectivity index is 2.09. The molecule has 4 nitrogen and oxygen atoms in total. The summed E-state index contributed by atoms with van der Waals surface area (Å²) in [5.74, 6) is 0. The molecule has 0 bridgehead atoms. The number of nitriles is 1. The maximum atomic E-state index is 9.36. The molecule has 4 heteroatoms. The van der Waals surface area contributed by atoms with Crippen LogP contribution in [0.25, 0.3) is 11.0 Å². The van der Waals surface area contributed by atoms with Gasteiger partial charge in [-0.15, -0.1) is 0 Å². The smallest absolute Gasteiger partial charge is 0.113 e. The largest absolute Gasteiger partial charge is 0.340 e. The monoisotopic (exact) mass is 344 g/mol. The number of benzene rings is 1. The maximum Gasteiger partial charge on any atom is 0.113 e. The van der Waals surface area contributed by atoms with Crippen LogP contribution in [0.1, 0.15) is 38.4 Å². The Bertz CT molecular complexity index is 952. The van der Waals surface area contributed by atoms with Crippen molar-refractivity contribution in [2.45, 2.75) is 39.5 Å². The van der Waals surface area contributed by atoms with E-state index in [1.807, 2.05) is 57.3 Å². The molecule has 0 atom stereocenters. The Morgan fingerprint density at radius 1 is 1.08 bits per heavy atom. The zero-order valence-electron chi connectivity index (χ0n) is 15.8. The van der Waals surface area contributed by atoms with Gasteiger partial charge in [0, 0.05) is 24.1 Å². The lowest BCUT2D eigenvalue weighted by Crippen LogP contribution is -2.19. The quantitative estimate of drug-likeness (QED) is 0.631. The van der Waals surface area contributed by atoms with Gasteiger partial charge in [0.15, 0.2) is 0 Å². The van der Waals surface area contributed by atoms with Crippen molar-refractivity contribution >= 4 is 22.4 Å². The third kappa shape index (κ3) is 3.39. The fourth-order valence-corrected chi connectivity index (χ4v) is 3.06. The van der Waals surface area contributed by atoms with Crippen molar-refractivity contribution in [2.75, 3.05) is 11.4 Å². The van der Waals surface area contributed by atoms with Crippen molar-refractivity contribution in [2.24, 2.45) is 0 Å². The van der Waals surface area contributed by atoms with E-state index in [4.69, 9.17) is 4.98 Å². The first kappa shape index (κ1) is 17.9. The van der Waals surface area contributed by atoms with Crippen LogP contribution in [0.15, 0.2) is 48.7 Å². The van der Waals surface area contributed by atoms with Gasteiger partial charge in [-0.05, 0) is 63.1 Å². The second kappa shape index (κ2) is 7.13. The van der Waals surface area contributed by atoms with Crippen LogP contribution in [-0.4, -0.2) is 16.5 Å². The van der Waals surface area contributed by atoms with E-state index in [1.54, 1.807) is 0 Å². The van der Waals surface area contributed by atoms with Gasteiger partial charge in [-0.3, -0.25) is 4.98 Å². The highest BCUT2D eigenvalue weighted by Gasteiger charge is 2.20. The van der Waals surface area contributed by atoms with E-state index in [-0.39, 0.29) is 0 Å². The molecule has 3 aromatic rings. The number of fused-ring (bicyclic) bond motifs is 1. The molecule has 0 aliphatic heterocycles. The van der Waals surface area contributed by atoms with Gasteiger partial charge < -0.3 is 4.90 Å². The normalized spacial score (nSPS) is 11.3. The lowest BCUT2D eigenvalue weighted by molar-refractivity contribution is 0.687. The summed E-state index contributed by atoms with van der Waals surface area (Å²) in [4.78, 5) is 11.5. The first-order chi connectivity index (χ1) is 12.5. The molecular formula is C22H24N4. The number of rotatable bonds is 5. The molecule has 132 valence electrons. The van der Waals surface area contributed by atoms with Crippen LogP contribution in [-0.2, 0) is 5.41 Å². The molecule has 0 spiro atoms. The van der Waals surface area contributed by atoms with Gasteiger partial charge in [0.25, 0.3) is 0 Å². The van der Waals surface area contributed by atoms with Crippen LogP contribution in [0.4, 0.5) is 11.4 Å². The van der Waals surface area contributed by atoms with Crippen LogP contribution in [0.5, 0.6) is 0 Å². The number of aryl methyl sites for hydroxylation is 1. The van der Waals surface area contributed by atoms with Crippen LogP contribution >= 0.6 is 0 Å². The van der Waals surface area contributed by atoms with Crippen LogP contribution in [0.3, 0.4) is 0 Å². The predicted molar refractivity (Wildman–Crippen MR) is 107 cm³/mol. The molecule has 3 rings (SSSR count). The summed E-state index contributed by atoms with van der Waals surface area (Å²) in [7, 11) is 0. The van der Waals surface area contributed by atoms with E-state index in [0.717, 1.165) is 46.6 Å². The maximum absolute atomic E-state index is 9.36. The standard InChI is InChI=1S/C22H24N4/c1-5-14-26(18-9-7-17(8-10-18)22(3,4)15-23)20-12-13-24-19-11-6-16(2)25-21(19)20/h6-13H,5,14H2,1-4H3. The molecule has 0 saturated heterocycles. The molecule has 2 heterocycles. The minimum atomic E-state index is -0.490. The van der Waals surface area contributed by atoms with Crippen molar-refractivity contribution in [1.29, 1.82) is 5.26 Å². The van der Waals surface area contributed by atoms with Crippen LogP contribution in [0, 0.1) is 18.3 Å². The van der Waals surface area contributed by atoms with Crippen LogP contribution < -0.4 is 4.90 Å². The predicted octanol–water partition coefficient (Wildman–Crippen LogP) is 5.29. The highest BCUT2D eigenvalue weighted by atomic mass is 15.1. The summed E-state index contributed by atoms with van der Waals surface area (Å²) in [6.45, 7) is 8.93. The summed E-state index contributed by atoms with van der Waals surface area (Å²) in [6.07, 6.45) is 2.85. The van der Waals surface area contributed by atoms with Crippen molar-refractivity contribution in [1.82, 2.24) is 9.97 Å². The molecule has 0 unspecified atom stereocenters. The van der Waals surface area contributed by atoms with E-state index in [9.17, 15) is 5.26 Å². The Kier molecular flexibility index (Phi) is 4.90. The van der Waals surface area contributed by atoms with Crippen molar-refractivity contribution in [3.63, 3.8) is 0 Å². The minimum Gasteiger partial charge on any atom is -0.340 e. The second-order valence-corrected chi connectivity index (χ2v) is 7.09. The lowest BCUT2D eigenvalue weighted by Gasteiger charge is -2.26. The Morgan fingerprint density at radius 2 is 1.81 bits per heavy atom. The topological polar surface area (TPSA) is 52.8 Å². The molecule has 0 saturated carbocycles. The van der Waals surface area contributed by atoms with E-state index in [2.05, 4.69) is 35.0 Å². The number of hydrogen-bond acceptors (Lipinski definition) is 4. The number of aromatic nitrogens is 2. The highest BCUT2D eigenvalue weighted by Crippen LogP contribution is 2.32. The summed E-state index contributed by atoms with van der Waals surface area (Å²) < 4.78 is 0. The Morgan fingerprint density at radius 3 is 2.46 bits per heavy atom. The van der Waals surface area contributed by atoms with Gasteiger partial charge in [-0.1, -0.05) is 19.1 Å². The highest BCUT2D eigenvalue weighted by molar-refractivity contribution is 5.90. The fourth-order valence-electron chi connectivity index (χ4n) is 3.06. The van der Waals surface area contributed by atoms with Crippen molar-refractivity contribution < 1.29 is 0 Å². The Hall–Kier alpha value is -2.93. The minimum absolute atomic E-state index is 0.490. The third-order valence-corrected chi connectivity index (χ3v) is 4.62. The summed E-state index contributed by atoms with van der Waals surface area (Å²) in [5, 5.41) is 9.36. The molecule has 2 aromatic heterocycles. The molecular weight excluding hydrogens is 320 g/mol. The molecule has 0 aliphatic rings. The van der Waals surface area contributed by atoms with E-state index < -0.39 is 5.41 Å². The first-order valence-electron chi connectivity index (χ1n) is 8.98. The second-order valence-electron chi connectivity index (χ2n) is 7.09. The zero-order valence-corrected chi connectivity index (χ0v) is 15.8. The van der Waals surface area contributed by atoms with Gasteiger partial charge in [-0.2, -0.15) is 5.26 Å². The fraction of sp³-hybridized carbons (Fsp3) is 0.318. The first-order valence-corrected chi connectivity index (χ1v) is 8.98. The molecule has 0 aliphatic carbocycles. The Labute approximate surface area is 155 Å². The number of pyridine rings is 2. The third-order valence-electron chi connectivity index (χ3n) is 4.62. The number of hydrogen-bond donors (Lipinski definition) is 0. The number of nitrogens with zero attached hydrogens (tertiary/aromatic N) is 4. The van der Waals surface area contributed by atoms with Gasteiger partial charge in [0.1, 0.15) is 5.52 Å². The van der Waals surface area contributed by atoms with Crippen molar-refractivity contribution in [3.05, 3.63) is 59.9 Å². The molecule has 0 radical (unpaired) electrons. The summed E-state index contributed by atoms with van der Waals surface area (Å²) in [6, 6.07) is 16.7. The van der Waals surface area contributed by atoms with Gasteiger partial charge in [0.2, 0.25) is 0 Å². The average molecular weight is 344 g/mol. The van der Waals surface area contributed by atoms with Gasteiger partial charge in [0.05, 0.1) is 22.7 Å².